The molecular weight excluding hydrogens is 248 g/mol. The molecule has 3 nitrogen and oxygen atoms in total. The van der Waals surface area contributed by atoms with Crippen LogP contribution in [0.1, 0.15) is 5.56 Å². The smallest absolute Gasteiger partial charge is 0.118 e. The molecule has 0 radical (unpaired) electrons. The van der Waals surface area contributed by atoms with Gasteiger partial charge in [-0.25, -0.2) is 0 Å². The number of hydrogen-bond donors (Lipinski definition) is 1. The first kappa shape index (κ1) is 12.4. The molecule has 3 rings (SSSR count). The number of fused-ring (bicyclic) bond motifs is 1. The molecule has 0 amide bonds. The van der Waals surface area contributed by atoms with Gasteiger partial charge in [0.05, 0.1) is 11.4 Å². The lowest BCUT2D eigenvalue weighted by atomic mass is 10.1. The maximum absolute atomic E-state index is 9.75. The van der Waals surface area contributed by atoms with Crippen LogP contribution >= 0.6 is 0 Å². The maximum atomic E-state index is 9.75. The van der Waals surface area contributed by atoms with Crippen LogP contribution in [-0.2, 0) is 0 Å². The highest BCUT2D eigenvalue weighted by Crippen LogP contribution is 2.32. The molecular formula is C17H14N2O. The molecule has 3 heteroatoms. The van der Waals surface area contributed by atoms with Gasteiger partial charge in [-0.05, 0) is 36.1 Å². The van der Waals surface area contributed by atoms with Crippen molar-refractivity contribution in [3.05, 3.63) is 66.2 Å². The van der Waals surface area contributed by atoms with Gasteiger partial charge in [0.15, 0.2) is 0 Å². The number of hydrogen-bond acceptors (Lipinski definition) is 3. The second-order valence-electron chi connectivity index (χ2n) is 4.73. The summed E-state index contributed by atoms with van der Waals surface area (Å²) >= 11 is 0. The molecule has 0 aliphatic rings. The Morgan fingerprint density at radius 2 is 1.70 bits per heavy atom. The number of rotatable bonds is 2. The van der Waals surface area contributed by atoms with E-state index in [1.54, 1.807) is 12.1 Å². The van der Waals surface area contributed by atoms with Crippen molar-refractivity contribution in [2.45, 2.75) is 6.92 Å². The summed E-state index contributed by atoms with van der Waals surface area (Å²) in [5, 5.41) is 20.2. The van der Waals surface area contributed by atoms with Crippen LogP contribution in [-0.4, -0.2) is 5.11 Å². The van der Waals surface area contributed by atoms with Gasteiger partial charge in [-0.15, -0.1) is 5.11 Å². The fourth-order valence-electron chi connectivity index (χ4n) is 2.16. The lowest BCUT2D eigenvalue weighted by molar-refractivity contribution is 0.476. The van der Waals surface area contributed by atoms with Crippen LogP contribution in [0.15, 0.2) is 70.9 Å². The number of benzene rings is 3. The lowest BCUT2D eigenvalue weighted by Crippen LogP contribution is -1.74. The van der Waals surface area contributed by atoms with E-state index >= 15 is 0 Å². The van der Waals surface area contributed by atoms with E-state index in [0.717, 1.165) is 22.0 Å². The third-order valence-electron chi connectivity index (χ3n) is 3.10. The van der Waals surface area contributed by atoms with E-state index < -0.39 is 0 Å². The number of phenolic OH excluding ortho intramolecular Hbond substituents is 1. The molecule has 0 aromatic heterocycles. The van der Waals surface area contributed by atoms with Gasteiger partial charge < -0.3 is 5.11 Å². The molecule has 0 saturated carbocycles. The van der Waals surface area contributed by atoms with E-state index in [1.807, 2.05) is 55.5 Å². The molecule has 0 saturated heterocycles. The Balaban J connectivity index is 2.06. The van der Waals surface area contributed by atoms with Crippen LogP contribution in [0.3, 0.4) is 0 Å². The number of aromatic hydroxyl groups is 1. The molecule has 20 heavy (non-hydrogen) atoms. The molecule has 1 N–H and O–H groups in total. The highest BCUT2D eigenvalue weighted by molar-refractivity contribution is 5.93. The Labute approximate surface area is 117 Å². The summed E-state index contributed by atoms with van der Waals surface area (Å²) < 4.78 is 0. The summed E-state index contributed by atoms with van der Waals surface area (Å²) in [6.45, 7) is 2.02. The molecule has 3 aromatic carbocycles. The standard InChI is InChI=1S/C17H14N2O/c1-12-5-4-7-14(9-12)18-19-17-11-15(20)10-13-6-2-3-8-16(13)17/h2-11,20H,1H3. The van der Waals surface area contributed by atoms with Crippen LogP contribution in [0.25, 0.3) is 10.8 Å². The normalized spacial score (nSPS) is 11.2. The molecule has 3 aromatic rings. The molecule has 98 valence electrons. The van der Waals surface area contributed by atoms with Crippen molar-refractivity contribution in [3.8, 4) is 5.75 Å². The van der Waals surface area contributed by atoms with Crippen molar-refractivity contribution in [1.82, 2.24) is 0 Å². The average Bonchev–Trinajstić information content (AvgIpc) is 2.44. The minimum Gasteiger partial charge on any atom is -0.508 e. The van der Waals surface area contributed by atoms with E-state index in [9.17, 15) is 5.11 Å². The van der Waals surface area contributed by atoms with Crippen molar-refractivity contribution in [3.63, 3.8) is 0 Å². The van der Waals surface area contributed by atoms with E-state index in [1.165, 1.54) is 0 Å². The minimum absolute atomic E-state index is 0.196. The second kappa shape index (κ2) is 5.13. The Morgan fingerprint density at radius 1 is 0.850 bits per heavy atom. The van der Waals surface area contributed by atoms with E-state index in [2.05, 4.69) is 10.2 Å². The molecule has 0 fully saturated rings. The summed E-state index contributed by atoms with van der Waals surface area (Å²) in [5.41, 5.74) is 2.61. The van der Waals surface area contributed by atoms with Crippen molar-refractivity contribution in [2.24, 2.45) is 10.2 Å². The largest absolute Gasteiger partial charge is 0.508 e. The van der Waals surface area contributed by atoms with E-state index in [0.29, 0.717) is 5.69 Å². The zero-order chi connectivity index (χ0) is 13.9. The van der Waals surface area contributed by atoms with Gasteiger partial charge in [-0.3, -0.25) is 0 Å². The average molecular weight is 262 g/mol. The van der Waals surface area contributed by atoms with Crippen LogP contribution in [0.2, 0.25) is 0 Å². The topological polar surface area (TPSA) is 45.0 Å². The van der Waals surface area contributed by atoms with Gasteiger partial charge in [-0.1, -0.05) is 36.4 Å². The van der Waals surface area contributed by atoms with Crippen molar-refractivity contribution < 1.29 is 5.11 Å². The third kappa shape index (κ3) is 2.52. The molecule has 0 heterocycles. The summed E-state index contributed by atoms with van der Waals surface area (Å²) in [6, 6.07) is 19.0. The highest BCUT2D eigenvalue weighted by Gasteiger charge is 2.02. The van der Waals surface area contributed by atoms with Gasteiger partial charge in [0.2, 0.25) is 0 Å². The maximum Gasteiger partial charge on any atom is 0.118 e. The van der Waals surface area contributed by atoms with Crippen LogP contribution in [0, 0.1) is 6.92 Å². The molecule has 0 aliphatic heterocycles. The van der Waals surface area contributed by atoms with E-state index in [-0.39, 0.29) is 5.75 Å². The first-order valence-electron chi connectivity index (χ1n) is 6.42. The zero-order valence-electron chi connectivity index (χ0n) is 11.1. The molecule has 0 aliphatic carbocycles. The molecule has 0 spiro atoms. The summed E-state index contributed by atoms with van der Waals surface area (Å²) in [4.78, 5) is 0. The Morgan fingerprint density at radius 3 is 2.55 bits per heavy atom. The van der Waals surface area contributed by atoms with Crippen LogP contribution in [0.5, 0.6) is 5.75 Å². The first-order chi connectivity index (χ1) is 9.72. The summed E-state index contributed by atoms with van der Waals surface area (Å²) in [7, 11) is 0. The monoisotopic (exact) mass is 262 g/mol. The summed E-state index contributed by atoms with van der Waals surface area (Å²) in [5.74, 6) is 0.196. The SMILES string of the molecule is Cc1cccc(N=Nc2cc(O)cc3ccccc23)c1. The van der Waals surface area contributed by atoms with Crippen molar-refractivity contribution in [2.75, 3.05) is 0 Å². The number of phenols is 1. The number of aryl methyl sites for hydroxylation is 1. The second-order valence-corrected chi connectivity index (χ2v) is 4.73. The van der Waals surface area contributed by atoms with Gasteiger partial charge in [0.25, 0.3) is 0 Å². The molecule has 0 atom stereocenters. The van der Waals surface area contributed by atoms with Gasteiger partial charge in [0.1, 0.15) is 5.75 Å². The Bertz CT molecular complexity index is 794. The van der Waals surface area contributed by atoms with Gasteiger partial charge >= 0.3 is 0 Å². The number of azo groups is 1. The first-order valence-corrected chi connectivity index (χ1v) is 6.42. The fourth-order valence-corrected chi connectivity index (χ4v) is 2.16. The lowest BCUT2D eigenvalue weighted by Gasteiger charge is -2.02. The van der Waals surface area contributed by atoms with E-state index in [4.69, 9.17) is 0 Å². The highest BCUT2D eigenvalue weighted by atomic mass is 16.3. The Hall–Kier alpha value is -2.68. The van der Waals surface area contributed by atoms with Crippen molar-refractivity contribution >= 4 is 22.1 Å². The zero-order valence-corrected chi connectivity index (χ0v) is 11.1. The predicted molar refractivity (Wildman–Crippen MR) is 81.0 cm³/mol. The minimum atomic E-state index is 0.196. The van der Waals surface area contributed by atoms with Gasteiger partial charge in [0, 0.05) is 11.5 Å². The third-order valence-corrected chi connectivity index (χ3v) is 3.10. The Kier molecular flexibility index (Phi) is 3.17. The predicted octanol–water partition coefficient (Wildman–Crippen LogP) is 5.27. The summed E-state index contributed by atoms with van der Waals surface area (Å²) in [6.07, 6.45) is 0. The van der Waals surface area contributed by atoms with Gasteiger partial charge in [-0.2, -0.15) is 5.11 Å². The molecule has 0 unspecified atom stereocenters. The fraction of sp³-hybridized carbons (Fsp3) is 0.0588. The van der Waals surface area contributed by atoms with Crippen LogP contribution in [0.4, 0.5) is 11.4 Å². The van der Waals surface area contributed by atoms with Crippen molar-refractivity contribution in [1.29, 1.82) is 0 Å². The number of nitrogens with zero attached hydrogens (tertiary/aromatic N) is 2. The quantitative estimate of drug-likeness (QED) is 0.628. The van der Waals surface area contributed by atoms with Crippen LogP contribution < -0.4 is 0 Å². The molecule has 0 bridgehead atoms.